The monoisotopic (exact) mass is 342 g/mol. The van der Waals surface area contributed by atoms with Gasteiger partial charge in [-0.15, -0.1) is 0 Å². The van der Waals surface area contributed by atoms with Crippen molar-refractivity contribution in [2.24, 2.45) is 5.92 Å². The summed E-state index contributed by atoms with van der Waals surface area (Å²) in [6.07, 6.45) is 4.86. The zero-order chi connectivity index (χ0) is 16.8. The van der Waals surface area contributed by atoms with Crippen LogP contribution in [0.5, 0.6) is 5.75 Å². The molecule has 1 aliphatic heterocycles. The second kappa shape index (κ2) is 5.53. The van der Waals surface area contributed by atoms with Crippen LogP contribution in [0.3, 0.4) is 0 Å². The van der Waals surface area contributed by atoms with Gasteiger partial charge in [0.05, 0.1) is 22.2 Å². The Morgan fingerprint density at radius 2 is 2.04 bits per heavy atom. The fourth-order valence-corrected chi connectivity index (χ4v) is 4.16. The Bertz CT molecular complexity index is 851. The number of anilines is 1. The minimum Gasteiger partial charge on any atom is -0.506 e. The number of fused-ring (bicyclic) bond motifs is 3. The first kappa shape index (κ1) is 15.0. The first-order valence-electron chi connectivity index (χ1n) is 7.76. The molecule has 3 atom stereocenters. The summed E-state index contributed by atoms with van der Waals surface area (Å²) < 4.78 is 0. The number of rotatable bonds is 2. The third-order valence-corrected chi connectivity index (χ3v) is 5.17. The Kier molecular flexibility index (Phi) is 3.46. The van der Waals surface area contributed by atoms with Crippen LogP contribution in [-0.4, -0.2) is 10.0 Å². The van der Waals surface area contributed by atoms with Crippen molar-refractivity contribution >= 4 is 23.0 Å². The molecule has 2 aliphatic rings. The molecule has 5 nitrogen and oxygen atoms in total. The SMILES string of the molecule is O=[N+]([O-])c1c(Cl)cc(O)c2c1C1C=CCC1C(c1ccccc1)N2. The average Bonchev–Trinajstić information content (AvgIpc) is 3.04. The summed E-state index contributed by atoms with van der Waals surface area (Å²) >= 11 is 6.05. The first-order chi connectivity index (χ1) is 11.6. The second-order valence-corrected chi connectivity index (χ2v) is 6.57. The number of nitro benzene ring substituents is 1. The summed E-state index contributed by atoms with van der Waals surface area (Å²) in [4.78, 5) is 11.1. The highest BCUT2D eigenvalue weighted by Crippen LogP contribution is 2.56. The molecule has 122 valence electrons. The summed E-state index contributed by atoms with van der Waals surface area (Å²) in [7, 11) is 0. The summed E-state index contributed by atoms with van der Waals surface area (Å²) in [5.41, 5.74) is 1.87. The number of nitro groups is 1. The van der Waals surface area contributed by atoms with Crippen LogP contribution in [0.25, 0.3) is 0 Å². The quantitative estimate of drug-likeness (QED) is 0.356. The van der Waals surface area contributed by atoms with Crippen molar-refractivity contribution in [1.29, 1.82) is 0 Å². The van der Waals surface area contributed by atoms with E-state index in [4.69, 9.17) is 11.6 Å². The van der Waals surface area contributed by atoms with E-state index < -0.39 is 4.92 Å². The van der Waals surface area contributed by atoms with E-state index in [9.17, 15) is 15.2 Å². The topological polar surface area (TPSA) is 75.4 Å². The summed E-state index contributed by atoms with van der Waals surface area (Å²) in [6, 6.07) is 11.2. The number of halogens is 1. The molecule has 6 heteroatoms. The van der Waals surface area contributed by atoms with Crippen LogP contribution < -0.4 is 5.32 Å². The molecule has 0 saturated carbocycles. The minimum absolute atomic E-state index is 0.0228. The van der Waals surface area contributed by atoms with Crippen molar-refractivity contribution < 1.29 is 10.0 Å². The summed E-state index contributed by atoms with van der Waals surface area (Å²) in [6.45, 7) is 0. The molecule has 24 heavy (non-hydrogen) atoms. The van der Waals surface area contributed by atoms with Gasteiger partial charge in [-0.3, -0.25) is 10.1 Å². The normalized spacial score (nSPS) is 24.1. The van der Waals surface area contributed by atoms with E-state index in [0.29, 0.717) is 11.3 Å². The van der Waals surface area contributed by atoms with Gasteiger partial charge in [-0.25, -0.2) is 0 Å². The van der Waals surface area contributed by atoms with E-state index in [-0.39, 0.29) is 34.3 Å². The fraction of sp³-hybridized carbons (Fsp3) is 0.222. The van der Waals surface area contributed by atoms with Crippen LogP contribution in [0, 0.1) is 16.0 Å². The van der Waals surface area contributed by atoms with E-state index in [1.165, 1.54) is 6.07 Å². The second-order valence-electron chi connectivity index (χ2n) is 6.16. The number of hydrogen-bond acceptors (Lipinski definition) is 4. The molecule has 0 amide bonds. The van der Waals surface area contributed by atoms with Crippen LogP contribution in [-0.2, 0) is 0 Å². The lowest BCUT2D eigenvalue weighted by molar-refractivity contribution is -0.385. The number of nitrogens with one attached hydrogen (secondary N) is 1. The molecule has 1 aliphatic carbocycles. The summed E-state index contributed by atoms with van der Waals surface area (Å²) in [5.74, 6) is -0.0480. The Labute approximate surface area is 143 Å². The Morgan fingerprint density at radius 1 is 1.29 bits per heavy atom. The zero-order valence-electron chi connectivity index (χ0n) is 12.6. The van der Waals surface area contributed by atoms with Crippen molar-refractivity contribution in [3.05, 3.63) is 74.8 Å². The highest BCUT2D eigenvalue weighted by atomic mass is 35.5. The van der Waals surface area contributed by atoms with Crippen LogP contribution >= 0.6 is 11.6 Å². The van der Waals surface area contributed by atoms with Crippen molar-refractivity contribution in [3.8, 4) is 5.75 Å². The average molecular weight is 343 g/mol. The van der Waals surface area contributed by atoms with Gasteiger partial charge in [0.25, 0.3) is 5.69 Å². The van der Waals surface area contributed by atoms with Crippen molar-refractivity contribution in [1.82, 2.24) is 0 Å². The number of aromatic hydroxyl groups is 1. The van der Waals surface area contributed by atoms with E-state index in [1.807, 2.05) is 42.5 Å². The summed E-state index contributed by atoms with van der Waals surface area (Å²) in [5, 5.41) is 25.2. The molecule has 3 unspecified atom stereocenters. The molecule has 0 saturated heterocycles. The molecule has 0 radical (unpaired) electrons. The van der Waals surface area contributed by atoms with Gasteiger partial charge in [0.2, 0.25) is 0 Å². The van der Waals surface area contributed by atoms with Crippen LogP contribution in [0.15, 0.2) is 48.6 Å². The maximum atomic E-state index is 11.5. The highest BCUT2D eigenvalue weighted by Gasteiger charge is 2.43. The predicted octanol–water partition coefficient (Wildman–Crippen LogP) is 4.78. The number of phenols is 1. The Balaban J connectivity index is 1.92. The molecule has 2 aromatic rings. The highest BCUT2D eigenvalue weighted by molar-refractivity contribution is 6.33. The maximum absolute atomic E-state index is 11.5. The number of hydrogen-bond donors (Lipinski definition) is 2. The largest absolute Gasteiger partial charge is 0.506 e. The lowest BCUT2D eigenvalue weighted by atomic mass is 9.76. The number of benzene rings is 2. The molecular weight excluding hydrogens is 328 g/mol. The predicted molar refractivity (Wildman–Crippen MR) is 92.6 cm³/mol. The van der Waals surface area contributed by atoms with Gasteiger partial charge < -0.3 is 10.4 Å². The minimum atomic E-state index is -0.464. The van der Waals surface area contributed by atoms with Gasteiger partial charge in [0.1, 0.15) is 10.8 Å². The molecule has 4 rings (SSSR count). The van der Waals surface area contributed by atoms with E-state index in [2.05, 4.69) is 5.32 Å². The van der Waals surface area contributed by atoms with Crippen LogP contribution in [0.4, 0.5) is 11.4 Å². The first-order valence-corrected chi connectivity index (χ1v) is 8.13. The van der Waals surface area contributed by atoms with Crippen molar-refractivity contribution in [3.63, 3.8) is 0 Å². The number of nitrogens with zero attached hydrogens (tertiary/aromatic N) is 1. The Hall–Kier alpha value is -2.53. The standard InChI is InChI=1S/C18H15ClN2O3/c19-13-9-14(22)17-15(18(13)21(23)24)11-7-4-8-12(11)16(20-17)10-5-2-1-3-6-10/h1-7,9,11-12,16,20,22H,8H2. The lowest BCUT2D eigenvalue weighted by Crippen LogP contribution is -2.29. The van der Waals surface area contributed by atoms with Crippen molar-refractivity contribution in [2.45, 2.75) is 18.4 Å². The third kappa shape index (κ3) is 2.16. The molecule has 0 spiro atoms. The molecule has 0 fully saturated rings. The fourth-order valence-electron chi connectivity index (χ4n) is 3.89. The van der Waals surface area contributed by atoms with E-state index in [1.54, 1.807) is 0 Å². The van der Waals surface area contributed by atoms with Gasteiger partial charge in [0.15, 0.2) is 0 Å². The van der Waals surface area contributed by atoms with E-state index >= 15 is 0 Å². The van der Waals surface area contributed by atoms with E-state index in [0.717, 1.165) is 12.0 Å². The van der Waals surface area contributed by atoms with Gasteiger partial charge in [-0.1, -0.05) is 54.1 Å². The smallest absolute Gasteiger partial charge is 0.293 e. The molecule has 0 aromatic heterocycles. The molecule has 0 bridgehead atoms. The van der Waals surface area contributed by atoms with Crippen LogP contribution in [0.1, 0.15) is 29.5 Å². The van der Waals surface area contributed by atoms with Gasteiger partial charge >= 0.3 is 0 Å². The van der Waals surface area contributed by atoms with Gasteiger partial charge in [0, 0.05) is 12.0 Å². The Morgan fingerprint density at radius 3 is 2.75 bits per heavy atom. The molecule has 1 heterocycles. The number of allylic oxidation sites excluding steroid dienone is 2. The molecule has 2 N–H and O–H groups in total. The third-order valence-electron chi connectivity index (χ3n) is 4.89. The molecule has 2 aromatic carbocycles. The van der Waals surface area contributed by atoms with Crippen molar-refractivity contribution in [2.75, 3.05) is 5.32 Å². The molecular formula is C18H15ClN2O3. The zero-order valence-corrected chi connectivity index (χ0v) is 13.4. The maximum Gasteiger partial charge on any atom is 0.293 e. The van der Waals surface area contributed by atoms with Gasteiger partial charge in [-0.2, -0.15) is 0 Å². The lowest BCUT2D eigenvalue weighted by Gasteiger charge is -2.37. The van der Waals surface area contributed by atoms with Gasteiger partial charge in [-0.05, 0) is 17.9 Å². The van der Waals surface area contributed by atoms with Crippen LogP contribution in [0.2, 0.25) is 5.02 Å². The number of phenolic OH excluding ortho intramolecular Hbond substituents is 1.